The summed E-state index contributed by atoms with van der Waals surface area (Å²) in [7, 11) is 0. The van der Waals surface area contributed by atoms with Crippen molar-refractivity contribution in [2.75, 3.05) is 19.7 Å². The van der Waals surface area contributed by atoms with Crippen molar-refractivity contribution in [2.24, 2.45) is 0 Å². The first-order valence-electron chi connectivity index (χ1n) is 8.89. The van der Waals surface area contributed by atoms with Gasteiger partial charge in [-0.2, -0.15) is 0 Å². The molecule has 28 heavy (non-hydrogen) atoms. The summed E-state index contributed by atoms with van der Waals surface area (Å²) in [6.07, 6.45) is 0. The molecule has 148 valence electrons. The van der Waals surface area contributed by atoms with Crippen LogP contribution in [-0.2, 0) is 9.59 Å². The first-order chi connectivity index (χ1) is 13.4. The molecule has 0 radical (unpaired) electrons. The summed E-state index contributed by atoms with van der Waals surface area (Å²) in [5.41, 5.74) is 2.46. The Balaban J connectivity index is 1.72. The predicted octanol–water partition coefficient (Wildman–Crippen LogP) is 2.15. The number of amides is 2. The zero-order chi connectivity index (χ0) is 20.5. The van der Waals surface area contributed by atoms with E-state index in [4.69, 9.17) is 9.47 Å². The minimum absolute atomic E-state index is 0.0946. The van der Waals surface area contributed by atoms with Gasteiger partial charge in [0.2, 0.25) is 0 Å². The molecule has 2 N–H and O–H groups in total. The number of aryl methyl sites for hydroxylation is 1. The quantitative estimate of drug-likeness (QED) is 0.413. The highest BCUT2D eigenvalue weighted by Crippen LogP contribution is 2.20. The van der Waals surface area contributed by atoms with Crippen molar-refractivity contribution in [1.82, 2.24) is 10.6 Å². The van der Waals surface area contributed by atoms with Gasteiger partial charge in [0.25, 0.3) is 11.8 Å². The van der Waals surface area contributed by atoms with E-state index in [0.717, 1.165) is 11.1 Å². The van der Waals surface area contributed by atoms with Crippen LogP contribution >= 0.6 is 0 Å². The van der Waals surface area contributed by atoms with Crippen molar-refractivity contribution in [1.29, 1.82) is 0 Å². The molecule has 0 unspecified atom stereocenters. The van der Waals surface area contributed by atoms with Crippen molar-refractivity contribution in [3.8, 4) is 11.5 Å². The Hall–Kier alpha value is -3.35. The maximum atomic E-state index is 12.1. The van der Waals surface area contributed by atoms with Crippen LogP contribution in [-0.4, -0.2) is 37.5 Å². The van der Waals surface area contributed by atoms with E-state index in [1.54, 1.807) is 18.2 Å². The molecule has 0 aromatic heterocycles. The first-order valence-corrected chi connectivity index (χ1v) is 8.89. The number of rotatable bonds is 8. The summed E-state index contributed by atoms with van der Waals surface area (Å²) < 4.78 is 10.5. The van der Waals surface area contributed by atoms with Gasteiger partial charge in [0.05, 0.1) is 0 Å². The molecule has 0 bridgehead atoms. The standard InChI is InChI=1S/C21H24N2O5/c1-14-6-4-9-19(15(14)2)27-13-20(25)22-10-11-23-21(26)17-7-5-8-18(12-17)28-16(3)24/h4-9,12H,10-11,13H2,1-3H3,(H,22,25)(H,23,26). The lowest BCUT2D eigenvalue weighted by molar-refractivity contribution is -0.131. The van der Waals surface area contributed by atoms with Gasteiger partial charge in [0, 0.05) is 25.6 Å². The number of nitrogens with one attached hydrogen (secondary N) is 2. The van der Waals surface area contributed by atoms with Crippen molar-refractivity contribution >= 4 is 17.8 Å². The largest absolute Gasteiger partial charge is 0.483 e. The molecule has 2 rings (SSSR count). The van der Waals surface area contributed by atoms with Crippen LogP contribution in [0.15, 0.2) is 42.5 Å². The molecular weight excluding hydrogens is 360 g/mol. The van der Waals surface area contributed by atoms with Crippen LogP contribution in [0.1, 0.15) is 28.4 Å². The molecule has 0 atom stereocenters. The Kier molecular flexibility index (Phi) is 7.56. The smallest absolute Gasteiger partial charge is 0.308 e. The Morgan fingerprint density at radius 3 is 2.43 bits per heavy atom. The molecule has 2 aromatic carbocycles. The van der Waals surface area contributed by atoms with Crippen molar-refractivity contribution < 1.29 is 23.9 Å². The lowest BCUT2D eigenvalue weighted by atomic mass is 10.1. The normalized spacial score (nSPS) is 10.1. The molecule has 0 saturated carbocycles. The van der Waals surface area contributed by atoms with Gasteiger partial charge in [-0.05, 0) is 49.2 Å². The number of hydrogen-bond donors (Lipinski definition) is 2. The maximum absolute atomic E-state index is 12.1. The first kappa shape index (κ1) is 21.0. The second-order valence-corrected chi connectivity index (χ2v) is 6.21. The number of benzene rings is 2. The second kappa shape index (κ2) is 10.1. The third kappa shape index (κ3) is 6.42. The van der Waals surface area contributed by atoms with E-state index in [0.29, 0.717) is 17.1 Å². The van der Waals surface area contributed by atoms with E-state index >= 15 is 0 Å². The summed E-state index contributed by atoms with van der Waals surface area (Å²) in [6, 6.07) is 12.0. The lowest BCUT2D eigenvalue weighted by Gasteiger charge is -2.11. The zero-order valence-electron chi connectivity index (χ0n) is 16.2. The van der Waals surface area contributed by atoms with Crippen molar-refractivity contribution in [2.45, 2.75) is 20.8 Å². The SMILES string of the molecule is CC(=O)Oc1cccc(C(=O)NCCNC(=O)COc2cccc(C)c2C)c1. The van der Waals surface area contributed by atoms with Crippen LogP contribution < -0.4 is 20.1 Å². The second-order valence-electron chi connectivity index (χ2n) is 6.21. The van der Waals surface area contributed by atoms with E-state index in [1.807, 2.05) is 32.0 Å². The van der Waals surface area contributed by atoms with Gasteiger partial charge < -0.3 is 20.1 Å². The van der Waals surface area contributed by atoms with Crippen LogP contribution in [0, 0.1) is 13.8 Å². The van der Waals surface area contributed by atoms with Crippen molar-refractivity contribution in [3.63, 3.8) is 0 Å². The van der Waals surface area contributed by atoms with E-state index < -0.39 is 5.97 Å². The Bertz CT molecular complexity index is 864. The third-order valence-electron chi connectivity index (χ3n) is 4.00. The van der Waals surface area contributed by atoms with Gasteiger partial charge in [0.15, 0.2) is 6.61 Å². The molecule has 7 nitrogen and oxygen atoms in total. The van der Waals surface area contributed by atoms with Gasteiger partial charge in [-0.25, -0.2) is 0 Å². The van der Waals surface area contributed by atoms with Crippen LogP contribution in [0.25, 0.3) is 0 Å². The summed E-state index contributed by atoms with van der Waals surface area (Å²) >= 11 is 0. The molecule has 0 aliphatic heterocycles. The van der Waals surface area contributed by atoms with Crippen LogP contribution in [0.4, 0.5) is 0 Å². The van der Waals surface area contributed by atoms with Crippen LogP contribution in [0.3, 0.4) is 0 Å². The average Bonchev–Trinajstić information content (AvgIpc) is 2.66. The monoisotopic (exact) mass is 384 g/mol. The summed E-state index contributed by atoms with van der Waals surface area (Å²) in [6.45, 7) is 5.64. The molecule has 0 heterocycles. The topological polar surface area (TPSA) is 93.7 Å². The Labute approximate surface area is 164 Å². The fraction of sp³-hybridized carbons (Fsp3) is 0.286. The minimum Gasteiger partial charge on any atom is -0.483 e. The highest BCUT2D eigenvalue weighted by molar-refractivity contribution is 5.94. The van der Waals surface area contributed by atoms with Gasteiger partial charge in [-0.15, -0.1) is 0 Å². The summed E-state index contributed by atoms with van der Waals surface area (Å²) in [5.74, 6) is -0.0709. The minimum atomic E-state index is -0.455. The fourth-order valence-corrected chi connectivity index (χ4v) is 2.42. The molecule has 7 heteroatoms. The average molecular weight is 384 g/mol. The Morgan fingerprint density at radius 1 is 0.964 bits per heavy atom. The van der Waals surface area contributed by atoms with E-state index in [2.05, 4.69) is 10.6 Å². The molecule has 0 spiro atoms. The fourth-order valence-electron chi connectivity index (χ4n) is 2.42. The molecule has 2 amide bonds. The number of esters is 1. The zero-order valence-corrected chi connectivity index (χ0v) is 16.2. The van der Waals surface area contributed by atoms with E-state index in [1.165, 1.54) is 13.0 Å². The highest BCUT2D eigenvalue weighted by atomic mass is 16.5. The van der Waals surface area contributed by atoms with Gasteiger partial charge in [-0.1, -0.05) is 18.2 Å². The molecule has 2 aromatic rings. The summed E-state index contributed by atoms with van der Waals surface area (Å²) in [5, 5.41) is 5.37. The molecule has 0 aliphatic rings. The van der Waals surface area contributed by atoms with Gasteiger partial charge in [-0.3, -0.25) is 14.4 Å². The molecular formula is C21H24N2O5. The lowest BCUT2D eigenvalue weighted by Crippen LogP contribution is -2.36. The highest BCUT2D eigenvalue weighted by Gasteiger charge is 2.09. The summed E-state index contributed by atoms with van der Waals surface area (Å²) in [4.78, 5) is 35.0. The van der Waals surface area contributed by atoms with E-state index in [9.17, 15) is 14.4 Å². The van der Waals surface area contributed by atoms with Gasteiger partial charge >= 0.3 is 5.97 Å². The van der Waals surface area contributed by atoms with Crippen LogP contribution in [0.5, 0.6) is 11.5 Å². The molecule has 0 saturated heterocycles. The maximum Gasteiger partial charge on any atom is 0.308 e. The van der Waals surface area contributed by atoms with Gasteiger partial charge in [0.1, 0.15) is 11.5 Å². The molecule has 0 aliphatic carbocycles. The Morgan fingerprint density at radius 2 is 1.68 bits per heavy atom. The number of carbonyl (C=O) groups is 3. The van der Waals surface area contributed by atoms with Crippen molar-refractivity contribution in [3.05, 3.63) is 59.2 Å². The third-order valence-corrected chi connectivity index (χ3v) is 4.00. The van der Waals surface area contributed by atoms with Crippen LogP contribution in [0.2, 0.25) is 0 Å². The number of carbonyl (C=O) groups excluding carboxylic acids is 3. The predicted molar refractivity (Wildman–Crippen MR) is 105 cm³/mol. The number of hydrogen-bond acceptors (Lipinski definition) is 5. The van der Waals surface area contributed by atoms with E-state index in [-0.39, 0.29) is 31.5 Å². The number of ether oxygens (including phenoxy) is 2. The molecule has 0 fully saturated rings.